The fourth-order valence-electron chi connectivity index (χ4n) is 6.28. The number of benzene rings is 3. The number of piperidine rings is 1. The van der Waals surface area contributed by atoms with E-state index in [0.717, 1.165) is 54.8 Å². The number of rotatable bonds is 9. The van der Waals surface area contributed by atoms with Gasteiger partial charge in [-0.25, -0.2) is 0 Å². The predicted molar refractivity (Wildman–Crippen MR) is 193 cm³/mol. The van der Waals surface area contributed by atoms with Crippen LogP contribution in [0.3, 0.4) is 0 Å². The summed E-state index contributed by atoms with van der Waals surface area (Å²) in [4.78, 5) is 28.7. The maximum atomic E-state index is 13.3. The first-order chi connectivity index (χ1) is 24.1. The third kappa shape index (κ3) is 9.93. The largest absolute Gasteiger partial charge is 0.490 e. The molecular weight excluding hydrogens is 655 g/mol. The summed E-state index contributed by atoms with van der Waals surface area (Å²) >= 11 is 0. The lowest BCUT2D eigenvalue weighted by atomic mass is 9.88. The topological polar surface area (TPSA) is 82.9 Å². The molecule has 1 amide bonds. The normalized spacial score (nSPS) is 17.5. The van der Waals surface area contributed by atoms with Gasteiger partial charge in [-0.05, 0) is 86.7 Å². The molecule has 2 atom stereocenters. The van der Waals surface area contributed by atoms with E-state index in [0.29, 0.717) is 47.4 Å². The zero-order valence-corrected chi connectivity index (χ0v) is 30.5. The lowest BCUT2D eigenvalue weighted by Crippen LogP contribution is -2.58. The molecule has 0 saturated carbocycles. The molecule has 2 fully saturated rings. The average Bonchev–Trinajstić information content (AvgIpc) is 3.10. The average molecular weight is 704 g/mol. The molecule has 51 heavy (non-hydrogen) atoms. The molecule has 272 valence electrons. The van der Waals surface area contributed by atoms with Crippen LogP contribution in [0.15, 0.2) is 78.1 Å². The number of hydrogen-bond donors (Lipinski definition) is 0. The van der Waals surface area contributed by atoms with Crippen LogP contribution in [0.4, 0.5) is 18.9 Å². The number of anilines is 1. The van der Waals surface area contributed by atoms with Crippen LogP contribution in [-0.2, 0) is 11.0 Å². The van der Waals surface area contributed by atoms with E-state index in [1.165, 1.54) is 12.1 Å². The van der Waals surface area contributed by atoms with Gasteiger partial charge in [0.25, 0.3) is 5.91 Å². The number of amides is 1. The van der Waals surface area contributed by atoms with Crippen molar-refractivity contribution >= 4 is 17.4 Å². The van der Waals surface area contributed by atoms with Crippen LogP contribution in [-0.4, -0.2) is 48.4 Å². The number of ether oxygens (including phenoxy) is 2. The first-order valence-corrected chi connectivity index (χ1v) is 17.5. The van der Waals surface area contributed by atoms with Crippen LogP contribution < -0.4 is 14.4 Å². The van der Waals surface area contributed by atoms with Gasteiger partial charge in [-0.3, -0.25) is 9.59 Å². The van der Waals surface area contributed by atoms with Crippen molar-refractivity contribution in [2.45, 2.75) is 86.1 Å². The highest BCUT2D eigenvalue weighted by atomic mass is 19.4. The number of halogens is 3. The summed E-state index contributed by atoms with van der Waals surface area (Å²) in [6, 6.07) is 19.9. The molecule has 0 bridgehead atoms. The summed E-state index contributed by atoms with van der Waals surface area (Å²) in [7, 11) is 0. The van der Waals surface area contributed by atoms with Crippen LogP contribution >= 0.6 is 0 Å². The number of ketones is 1. The second kappa shape index (κ2) is 17.0. The molecule has 5 rings (SSSR count). The molecule has 2 saturated heterocycles. The van der Waals surface area contributed by atoms with Gasteiger partial charge in [0.05, 0.1) is 17.2 Å². The number of carbonyl (C=O) groups is 2. The van der Waals surface area contributed by atoms with Crippen LogP contribution in [0.5, 0.6) is 11.5 Å². The summed E-state index contributed by atoms with van der Waals surface area (Å²) in [6.07, 6.45) is -1.94. The lowest BCUT2D eigenvalue weighted by molar-refractivity contribution is -0.141. The van der Waals surface area contributed by atoms with Gasteiger partial charge in [0.1, 0.15) is 17.6 Å². The minimum absolute atomic E-state index is 0.00735. The third-order valence-electron chi connectivity index (χ3n) is 9.37. The number of Topliss-reactive ketones (excluding diaryl/α,β-unsaturated/α-hetero) is 1. The van der Waals surface area contributed by atoms with Gasteiger partial charge < -0.3 is 19.3 Å². The molecule has 0 radical (unpaired) electrons. The Kier molecular flexibility index (Phi) is 13.0. The molecule has 2 heterocycles. The smallest absolute Gasteiger partial charge is 0.416 e. The maximum Gasteiger partial charge on any atom is 0.416 e. The Hall–Kier alpha value is -4.78. The minimum atomic E-state index is -4.33. The number of aryl methyl sites for hydroxylation is 1. The Balaban J connectivity index is 0.000000378. The van der Waals surface area contributed by atoms with Gasteiger partial charge in [-0.15, -0.1) is 0 Å². The van der Waals surface area contributed by atoms with Crippen LogP contribution in [0.1, 0.15) is 87.9 Å². The number of allylic oxidation sites excluding steroid dienone is 1. The van der Waals surface area contributed by atoms with E-state index in [1.54, 1.807) is 24.3 Å². The molecule has 7 nitrogen and oxygen atoms in total. The molecule has 2 aliphatic rings. The summed E-state index contributed by atoms with van der Waals surface area (Å²) in [5.74, 6) is 2.17. The lowest BCUT2D eigenvalue weighted by Gasteiger charge is -2.46. The van der Waals surface area contributed by atoms with Crippen molar-refractivity contribution in [2.75, 3.05) is 24.5 Å². The van der Waals surface area contributed by atoms with E-state index in [1.807, 2.05) is 63.8 Å². The van der Waals surface area contributed by atoms with Crippen LogP contribution in [0, 0.1) is 30.1 Å². The van der Waals surface area contributed by atoms with Gasteiger partial charge in [0, 0.05) is 61.8 Å². The van der Waals surface area contributed by atoms with Crippen molar-refractivity contribution in [3.8, 4) is 17.6 Å². The molecular formula is C41H48F3N3O4. The monoisotopic (exact) mass is 703 g/mol. The second-order valence-electron chi connectivity index (χ2n) is 13.8. The number of alkyl halides is 3. The summed E-state index contributed by atoms with van der Waals surface area (Å²) < 4.78 is 51.1. The standard InChI is InChI=1S/C30H37F3N2O3.C11H11NO/c1-6-26-21(5)18-35(26)29(36)28(19(2)3)38-27-17-25(12-7-20(27)4)37-24-13-15-34(16-14-24)23-10-8-22(9-11-23)30(31,32)33;1-8(2)11(13)10-5-3-9(7-12)4-6-10/h7-12,17,21,24,26H,6,13-16,18H2,1-5H3;3-6,8H,1-2H3. The van der Waals surface area contributed by atoms with Crippen molar-refractivity contribution in [1.82, 2.24) is 4.90 Å². The number of likely N-dealkylation sites (tertiary alicyclic amines) is 1. The number of carbonyl (C=O) groups excluding carboxylic acids is 2. The quantitative estimate of drug-likeness (QED) is 0.126. The number of nitrogens with zero attached hydrogens (tertiary/aromatic N) is 3. The Morgan fingerprint density at radius 1 is 0.980 bits per heavy atom. The summed E-state index contributed by atoms with van der Waals surface area (Å²) in [5.41, 5.74) is 3.13. The Labute approximate surface area is 299 Å². The Morgan fingerprint density at radius 3 is 2.12 bits per heavy atom. The highest BCUT2D eigenvalue weighted by Gasteiger charge is 2.39. The molecule has 0 aliphatic carbocycles. The SMILES string of the molecule is CC(C)C(=O)c1ccc(C#N)cc1.CCC1C(C)CN1C(=O)C(Oc1cc(OC2CCN(c3ccc(C(F)(F)F)cc3)CC2)ccc1C)=C(C)C. The predicted octanol–water partition coefficient (Wildman–Crippen LogP) is 9.39. The van der Waals surface area contributed by atoms with Crippen molar-refractivity contribution in [2.24, 2.45) is 11.8 Å². The van der Waals surface area contributed by atoms with E-state index < -0.39 is 11.7 Å². The molecule has 2 aliphatic heterocycles. The van der Waals surface area contributed by atoms with Crippen molar-refractivity contribution in [1.29, 1.82) is 5.26 Å². The van der Waals surface area contributed by atoms with E-state index in [9.17, 15) is 22.8 Å². The van der Waals surface area contributed by atoms with Gasteiger partial charge in [0.15, 0.2) is 11.5 Å². The molecule has 0 spiro atoms. The zero-order chi connectivity index (χ0) is 37.5. The number of nitriles is 1. The van der Waals surface area contributed by atoms with E-state index in [2.05, 4.69) is 18.7 Å². The highest BCUT2D eigenvalue weighted by Crippen LogP contribution is 2.34. The molecule has 0 N–H and O–H groups in total. The fraction of sp³-hybridized carbons (Fsp3) is 0.439. The van der Waals surface area contributed by atoms with Gasteiger partial charge in [0.2, 0.25) is 0 Å². The molecule has 0 aromatic heterocycles. The van der Waals surface area contributed by atoms with E-state index in [4.69, 9.17) is 14.7 Å². The zero-order valence-electron chi connectivity index (χ0n) is 30.5. The summed E-state index contributed by atoms with van der Waals surface area (Å²) in [6.45, 7) is 15.8. The van der Waals surface area contributed by atoms with Crippen LogP contribution in [0.25, 0.3) is 0 Å². The molecule has 3 aromatic rings. The maximum absolute atomic E-state index is 13.3. The van der Waals surface area contributed by atoms with Gasteiger partial charge in [-0.2, -0.15) is 18.4 Å². The summed E-state index contributed by atoms with van der Waals surface area (Å²) in [5, 5.41) is 8.54. The first-order valence-electron chi connectivity index (χ1n) is 17.5. The third-order valence-corrected chi connectivity index (χ3v) is 9.37. The fourth-order valence-corrected chi connectivity index (χ4v) is 6.28. The Morgan fingerprint density at radius 2 is 1.61 bits per heavy atom. The Bertz CT molecular complexity index is 1730. The highest BCUT2D eigenvalue weighted by molar-refractivity contribution is 5.97. The molecule has 10 heteroatoms. The van der Waals surface area contributed by atoms with Crippen molar-refractivity contribution < 1.29 is 32.2 Å². The molecule has 2 unspecified atom stereocenters. The van der Waals surface area contributed by atoms with Crippen LogP contribution in [0.2, 0.25) is 0 Å². The number of hydrogen-bond acceptors (Lipinski definition) is 6. The van der Waals surface area contributed by atoms with Gasteiger partial charge in [-0.1, -0.05) is 45.9 Å². The minimum Gasteiger partial charge on any atom is -0.490 e. The first kappa shape index (κ1) is 39.0. The second-order valence-corrected chi connectivity index (χ2v) is 13.8. The van der Waals surface area contributed by atoms with E-state index in [-0.39, 0.29) is 29.8 Å². The van der Waals surface area contributed by atoms with Crippen molar-refractivity contribution in [3.05, 3.63) is 100 Å². The molecule has 3 aromatic carbocycles. The van der Waals surface area contributed by atoms with E-state index >= 15 is 0 Å². The van der Waals surface area contributed by atoms with Crippen molar-refractivity contribution in [3.63, 3.8) is 0 Å². The van der Waals surface area contributed by atoms with Gasteiger partial charge >= 0.3 is 6.18 Å².